The lowest BCUT2D eigenvalue weighted by molar-refractivity contribution is -0.0775. The van der Waals surface area contributed by atoms with Gasteiger partial charge in [-0.05, 0) is 32.6 Å². The Morgan fingerprint density at radius 2 is 1.73 bits per heavy atom. The van der Waals surface area contributed by atoms with Gasteiger partial charge in [-0.2, -0.15) is 0 Å². The Morgan fingerprint density at radius 1 is 1.13 bits per heavy atom. The van der Waals surface area contributed by atoms with Crippen LogP contribution < -0.4 is 0 Å². The standard InChI is InChI=1S/C12H24O3/c1-9(2)15-8-11(13)12(14)10-6-4-3-5-7-10/h9-14H,3-8H2,1-2H3. The van der Waals surface area contributed by atoms with E-state index in [2.05, 4.69) is 0 Å². The molecule has 2 N–H and O–H groups in total. The Morgan fingerprint density at radius 3 is 2.27 bits per heavy atom. The van der Waals surface area contributed by atoms with Crippen LogP contribution in [0.3, 0.4) is 0 Å². The van der Waals surface area contributed by atoms with Crippen molar-refractivity contribution in [2.24, 2.45) is 5.92 Å². The number of rotatable bonds is 5. The molecule has 1 rings (SSSR count). The molecule has 1 aliphatic rings. The molecule has 90 valence electrons. The van der Waals surface area contributed by atoms with Crippen molar-refractivity contribution in [2.75, 3.05) is 6.61 Å². The van der Waals surface area contributed by atoms with Crippen LogP contribution in [0.2, 0.25) is 0 Å². The van der Waals surface area contributed by atoms with Gasteiger partial charge < -0.3 is 14.9 Å². The van der Waals surface area contributed by atoms with Crippen LogP contribution in [-0.2, 0) is 4.74 Å². The molecule has 2 atom stereocenters. The molecular weight excluding hydrogens is 192 g/mol. The number of hydrogen-bond acceptors (Lipinski definition) is 3. The fourth-order valence-corrected chi connectivity index (χ4v) is 2.18. The molecule has 1 fully saturated rings. The minimum atomic E-state index is -0.726. The second-order valence-corrected chi connectivity index (χ2v) is 4.84. The van der Waals surface area contributed by atoms with Crippen LogP contribution in [0.25, 0.3) is 0 Å². The molecule has 0 saturated heterocycles. The normalized spacial score (nSPS) is 23.0. The quantitative estimate of drug-likeness (QED) is 0.735. The average molecular weight is 216 g/mol. The van der Waals surface area contributed by atoms with Crippen molar-refractivity contribution in [2.45, 2.75) is 64.3 Å². The summed E-state index contributed by atoms with van der Waals surface area (Å²) in [6.07, 6.45) is 4.48. The highest BCUT2D eigenvalue weighted by molar-refractivity contribution is 4.78. The topological polar surface area (TPSA) is 49.7 Å². The molecule has 0 radical (unpaired) electrons. The molecule has 1 saturated carbocycles. The molecule has 0 aromatic heterocycles. The summed E-state index contributed by atoms with van der Waals surface area (Å²) in [6, 6.07) is 0. The molecular formula is C12H24O3. The van der Waals surface area contributed by atoms with E-state index in [0.717, 1.165) is 12.8 Å². The lowest BCUT2D eigenvalue weighted by Crippen LogP contribution is -2.38. The van der Waals surface area contributed by atoms with Crippen molar-refractivity contribution in [3.8, 4) is 0 Å². The van der Waals surface area contributed by atoms with Crippen LogP contribution in [-0.4, -0.2) is 35.1 Å². The largest absolute Gasteiger partial charge is 0.390 e. The van der Waals surface area contributed by atoms with Gasteiger partial charge in [0.2, 0.25) is 0 Å². The van der Waals surface area contributed by atoms with Gasteiger partial charge in [-0.25, -0.2) is 0 Å². The number of ether oxygens (including phenoxy) is 1. The third kappa shape index (κ3) is 4.49. The summed E-state index contributed by atoms with van der Waals surface area (Å²) < 4.78 is 5.31. The van der Waals surface area contributed by atoms with Crippen molar-refractivity contribution < 1.29 is 14.9 Å². The van der Waals surface area contributed by atoms with Crippen LogP contribution >= 0.6 is 0 Å². The predicted octanol–water partition coefficient (Wildman–Crippen LogP) is 1.71. The SMILES string of the molecule is CC(C)OCC(O)C(O)C1CCCCC1. The molecule has 0 amide bonds. The summed E-state index contributed by atoms with van der Waals surface area (Å²) in [5.41, 5.74) is 0. The highest BCUT2D eigenvalue weighted by atomic mass is 16.5. The van der Waals surface area contributed by atoms with Gasteiger partial charge in [0.05, 0.1) is 18.8 Å². The Bertz CT molecular complexity index is 164. The molecule has 0 spiro atoms. The third-order valence-electron chi connectivity index (χ3n) is 3.13. The lowest BCUT2D eigenvalue weighted by atomic mass is 9.83. The lowest BCUT2D eigenvalue weighted by Gasteiger charge is -2.29. The highest BCUT2D eigenvalue weighted by Crippen LogP contribution is 2.27. The fraction of sp³-hybridized carbons (Fsp3) is 1.00. The summed E-state index contributed by atoms with van der Waals surface area (Å²) in [5, 5.41) is 19.7. The maximum Gasteiger partial charge on any atom is 0.103 e. The van der Waals surface area contributed by atoms with Crippen molar-refractivity contribution in [1.29, 1.82) is 0 Å². The summed E-state index contributed by atoms with van der Waals surface area (Å²) in [7, 11) is 0. The average Bonchev–Trinajstić information content (AvgIpc) is 2.26. The second-order valence-electron chi connectivity index (χ2n) is 4.84. The second kappa shape index (κ2) is 6.46. The van der Waals surface area contributed by atoms with Gasteiger partial charge in [-0.1, -0.05) is 19.3 Å². The van der Waals surface area contributed by atoms with E-state index in [9.17, 15) is 10.2 Å². The fourth-order valence-electron chi connectivity index (χ4n) is 2.18. The zero-order valence-electron chi connectivity index (χ0n) is 9.85. The van der Waals surface area contributed by atoms with E-state index < -0.39 is 12.2 Å². The van der Waals surface area contributed by atoms with Crippen molar-refractivity contribution >= 4 is 0 Å². The Hall–Kier alpha value is -0.120. The Balaban J connectivity index is 2.27. The first kappa shape index (κ1) is 12.9. The van der Waals surface area contributed by atoms with E-state index in [4.69, 9.17) is 4.74 Å². The zero-order valence-corrected chi connectivity index (χ0v) is 9.85. The van der Waals surface area contributed by atoms with E-state index in [0.29, 0.717) is 0 Å². The molecule has 15 heavy (non-hydrogen) atoms. The van der Waals surface area contributed by atoms with Crippen molar-refractivity contribution in [1.82, 2.24) is 0 Å². The van der Waals surface area contributed by atoms with Crippen molar-refractivity contribution in [3.63, 3.8) is 0 Å². The molecule has 3 nitrogen and oxygen atoms in total. The van der Waals surface area contributed by atoms with Crippen LogP contribution in [0.5, 0.6) is 0 Å². The first-order valence-corrected chi connectivity index (χ1v) is 6.09. The maximum absolute atomic E-state index is 9.93. The summed E-state index contributed by atoms with van der Waals surface area (Å²) in [6.45, 7) is 4.11. The molecule has 0 aromatic rings. The molecule has 2 unspecified atom stereocenters. The minimum Gasteiger partial charge on any atom is -0.390 e. The van der Waals surface area contributed by atoms with E-state index in [1.165, 1.54) is 19.3 Å². The van der Waals surface area contributed by atoms with E-state index in [-0.39, 0.29) is 18.6 Å². The zero-order chi connectivity index (χ0) is 11.3. The van der Waals surface area contributed by atoms with Crippen LogP contribution in [0.4, 0.5) is 0 Å². The Kier molecular flexibility index (Phi) is 5.58. The van der Waals surface area contributed by atoms with Gasteiger partial charge in [-0.3, -0.25) is 0 Å². The van der Waals surface area contributed by atoms with Crippen molar-refractivity contribution in [3.05, 3.63) is 0 Å². The predicted molar refractivity (Wildman–Crippen MR) is 59.7 cm³/mol. The van der Waals surface area contributed by atoms with Gasteiger partial charge in [0.1, 0.15) is 6.10 Å². The van der Waals surface area contributed by atoms with Gasteiger partial charge in [-0.15, -0.1) is 0 Å². The van der Waals surface area contributed by atoms with Crippen LogP contribution in [0.1, 0.15) is 46.0 Å². The minimum absolute atomic E-state index is 0.109. The van der Waals surface area contributed by atoms with E-state index in [1.807, 2.05) is 13.8 Å². The molecule has 0 bridgehead atoms. The number of hydrogen-bond donors (Lipinski definition) is 2. The van der Waals surface area contributed by atoms with E-state index >= 15 is 0 Å². The molecule has 0 heterocycles. The monoisotopic (exact) mass is 216 g/mol. The van der Waals surface area contributed by atoms with Crippen LogP contribution in [0.15, 0.2) is 0 Å². The maximum atomic E-state index is 9.93. The number of aliphatic hydroxyl groups excluding tert-OH is 2. The summed E-state index contributed by atoms with van der Waals surface area (Å²) >= 11 is 0. The van der Waals surface area contributed by atoms with Gasteiger partial charge in [0.15, 0.2) is 0 Å². The van der Waals surface area contributed by atoms with E-state index in [1.54, 1.807) is 0 Å². The Labute approximate surface area is 92.4 Å². The first-order valence-electron chi connectivity index (χ1n) is 6.09. The highest BCUT2D eigenvalue weighted by Gasteiger charge is 2.27. The molecule has 0 aromatic carbocycles. The van der Waals surface area contributed by atoms with Gasteiger partial charge in [0.25, 0.3) is 0 Å². The smallest absolute Gasteiger partial charge is 0.103 e. The molecule has 3 heteroatoms. The third-order valence-corrected chi connectivity index (χ3v) is 3.13. The first-order chi connectivity index (χ1) is 7.11. The molecule has 0 aliphatic heterocycles. The molecule has 1 aliphatic carbocycles. The van der Waals surface area contributed by atoms with Gasteiger partial charge >= 0.3 is 0 Å². The number of aliphatic hydroxyl groups is 2. The van der Waals surface area contributed by atoms with Crippen LogP contribution in [0, 0.1) is 5.92 Å². The summed E-state index contributed by atoms with van der Waals surface area (Å²) in [5.74, 6) is 0.268. The van der Waals surface area contributed by atoms with Gasteiger partial charge in [0, 0.05) is 0 Å². The summed E-state index contributed by atoms with van der Waals surface area (Å²) in [4.78, 5) is 0.